The predicted molar refractivity (Wildman–Crippen MR) is 127 cm³/mol. The normalized spacial score (nSPS) is 21.5. The van der Waals surface area contributed by atoms with E-state index in [1.807, 2.05) is 29.3 Å². The van der Waals surface area contributed by atoms with E-state index >= 15 is 0 Å². The van der Waals surface area contributed by atoms with Crippen molar-refractivity contribution in [3.63, 3.8) is 0 Å². The summed E-state index contributed by atoms with van der Waals surface area (Å²) in [5.41, 5.74) is 4.66. The van der Waals surface area contributed by atoms with Crippen LogP contribution in [0.25, 0.3) is 21.9 Å². The second-order valence-electron chi connectivity index (χ2n) is 9.61. The van der Waals surface area contributed by atoms with E-state index in [0.717, 1.165) is 72.1 Å². The molecule has 168 valence electrons. The van der Waals surface area contributed by atoms with E-state index < -0.39 is 0 Å². The maximum absolute atomic E-state index is 13.9. The van der Waals surface area contributed by atoms with Crippen molar-refractivity contribution in [2.24, 2.45) is 5.92 Å². The van der Waals surface area contributed by atoms with Gasteiger partial charge in [0.05, 0.1) is 16.6 Å². The first-order chi connectivity index (χ1) is 16.1. The predicted octanol–water partition coefficient (Wildman–Crippen LogP) is 5.78. The van der Waals surface area contributed by atoms with E-state index in [-0.39, 0.29) is 11.7 Å². The summed E-state index contributed by atoms with van der Waals surface area (Å²) in [6.45, 7) is 3.96. The lowest BCUT2D eigenvalue weighted by molar-refractivity contribution is 0.0885. The second-order valence-corrected chi connectivity index (χ2v) is 9.61. The Morgan fingerprint density at radius 2 is 1.85 bits per heavy atom. The number of aromatic amines is 1. The molecule has 3 heterocycles. The SMILES string of the molecule is CC(c1nc2ccc(C(=O)N3CC3)cc2[nH]1)C1CCC(c2ccnc3ccc(F)cc23)CC1. The third-order valence-electron chi connectivity index (χ3n) is 7.57. The van der Waals surface area contributed by atoms with Crippen LogP contribution in [0.1, 0.15) is 66.2 Å². The number of carbonyl (C=O) groups excluding carboxylic acids is 1. The molecule has 6 heteroatoms. The summed E-state index contributed by atoms with van der Waals surface area (Å²) >= 11 is 0. The molecular formula is C27H27FN4O. The third kappa shape index (κ3) is 3.77. The van der Waals surface area contributed by atoms with Gasteiger partial charge in [0.1, 0.15) is 11.6 Å². The van der Waals surface area contributed by atoms with Crippen molar-refractivity contribution >= 4 is 27.8 Å². The molecular weight excluding hydrogens is 415 g/mol. The number of imidazole rings is 1. The maximum atomic E-state index is 13.9. The van der Waals surface area contributed by atoms with Crippen molar-refractivity contribution in [2.75, 3.05) is 13.1 Å². The molecule has 2 fully saturated rings. The number of carbonyl (C=O) groups is 1. The Morgan fingerprint density at radius 3 is 2.64 bits per heavy atom. The van der Waals surface area contributed by atoms with Crippen molar-refractivity contribution in [1.29, 1.82) is 0 Å². The summed E-state index contributed by atoms with van der Waals surface area (Å²) < 4.78 is 13.9. The Bertz CT molecular complexity index is 1350. The average molecular weight is 443 g/mol. The molecule has 2 aromatic heterocycles. The zero-order valence-corrected chi connectivity index (χ0v) is 18.7. The van der Waals surface area contributed by atoms with Crippen molar-refractivity contribution in [3.8, 4) is 0 Å². The summed E-state index contributed by atoms with van der Waals surface area (Å²) in [7, 11) is 0. The molecule has 1 aliphatic carbocycles. The monoisotopic (exact) mass is 442 g/mol. The number of H-pyrrole nitrogens is 1. The van der Waals surface area contributed by atoms with E-state index in [0.29, 0.717) is 17.8 Å². The maximum Gasteiger partial charge on any atom is 0.254 e. The molecule has 33 heavy (non-hydrogen) atoms. The van der Waals surface area contributed by atoms with Gasteiger partial charge in [-0.25, -0.2) is 9.37 Å². The number of rotatable bonds is 4. The number of amides is 1. The van der Waals surface area contributed by atoms with Gasteiger partial charge in [-0.15, -0.1) is 0 Å². The molecule has 0 bridgehead atoms. The number of fused-ring (bicyclic) bond motifs is 2. The Morgan fingerprint density at radius 1 is 1.06 bits per heavy atom. The van der Waals surface area contributed by atoms with Gasteiger partial charge in [0.15, 0.2) is 0 Å². The molecule has 1 atom stereocenters. The number of hydrogen-bond acceptors (Lipinski definition) is 3. The van der Waals surface area contributed by atoms with Crippen LogP contribution in [0.4, 0.5) is 4.39 Å². The van der Waals surface area contributed by atoms with E-state index in [1.54, 1.807) is 12.1 Å². The second kappa shape index (κ2) is 7.94. The summed E-state index contributed by atoms with van der Waals surface area (Å²) in [4.78, 5) is 26.9. The number of hydrogen-bond donors (Lipinski definition) is 1. The van der Waals surface area contributed by atoms with Gasteiger partial charge in [0, 0.05) is 36.2 Å². The summed E-state index contributed by atoms with van der Waals surface area (Å²) in [5.74, 6) is 2.19. The van der Waals surface area contributed by atoms with Gasteiger partial charge in [-0.3, -0.25) is 9.78 Å². The average Bonchev–Trinajstić information content (AvgIpc) is 3.61. The van der Waals surface area contributed by atoms with E-state index in [9.17, 15) is 9.18 Å². The van der Waals surface area contributed by atoms with Crippen LogP contribution in [0.2, 0.25) is 0 Å². The first-order valence-electron chi connectivity index (χ1n) is 11.9. The molecule has 5 nitrogen and oxygen atoms in total. The fourth-order valence-corrected chi connectivity index (χ4v) is 5.46. The first-order valence-corrected chi connectivity index (χ1v) is 11.9. The minimum absolute atomic E-state index is 0.0999. The van der Waals surface area contributed by atoms with Crippen LogP contribution in [-0.4, -0.2) is 38.8 Å². The zero-order valence-electron chi connectivity index (χ0n) is 18.7. The summed E-state index contributed by atoms with van der Waals surface area (Å²) in [6, 6.07) is 12.7. The number of halogens is 1. The summed E-state index contributed by atoms with van der Waals surface area (Å²) in [6.07, 6.45) is 6.23. The van der Waals surface area contributed by atoms with Crippen LogP contribution < -0.4 is 0 Å². The quantitative estimate of drug-likeness (QED) is 0.407. The first kappa shape index (κ1) is 20.3. The lowest BCUT2D eigenvalue weighted by Crippen LogP contribution is -2.19. The lowest BCUT2D eigenvalue weighted by Gasteiger charge is -2.32. The molecule has 1 saturated carbocycles. The highest BCUT2D eigenvalue weighted by Crippen LogP contribution is 2.43. The lowest BCUT2D eigenvalue weighted by atomic mass is 9.73. The van der Waals surface area contributed by atoms with Crippen molar-refractivity contribution in [2.45, 2.75) is 44.4 Å². The Hall–Kier alpha value is -3.28. The zero-order chi connectivity index (χ0) is 22.5. The van der Waals surface area contributed by atoms with Crippen LogP contribution >= 0.6 is 0 Å². The van der Waals surface area contributed by atoms with Gasteiger partial charge in [0.25, 0.3) is 5.91 Å². The Kier molecular flexibility index (Phi) is 4.89. The Balaban J connectivity index is 1.18. The molecule has 4 aromatic rings. The molecule has 1 aliphatic heterocycles. The minimum Gasteiger partial charge on any atom is -0.342 e. The standard InChI is InChI=1S/C27H27FN4O/c1-16(26-30-24-8-6-19(14-25(24)31-26)27(33)32-12-13-32)17-2-4-18(5-3-17)21-10-11-29-23-9-7-20(28)15-22(21)23/h6-11,14-18H,2-5,12-13H2,1H3,(H,30,31). The number of nitrogens with one attached hydrogen (secondary N) is 1. The number of benzene rings is 2. The molecule has 1 N–H and O–H groups in total. The molecule has 0 spiro atoms. The molecule has 2 aromatic carbocycles. The highest BCUT2D eigenvalue weighted by atomic mass is 19.1. The van der Waals surface area contributed by atoms with Crippen LogP contribution in [-0.2, 0) is 0 Å². The van der Waals surface area contributed by atoms with Gasteiger partial charge >= 0.3 is 0 Å². The number of pyridine rings is 1. The molecule has 6 rings (SSSR count). The fraction of sp³-hybridized carbons (Fsp3) is 0.370. The van der Waals surface area contributed by atoms with Crippen molar-refractivity contribution in [3.05, 3.63) is 71.4 Å². The van der Waals surface area contributed by atoms with E-state index in [2.05, 4.69) is 23.0 Å². The van der Waals surface area contributed by atoms with Crippen LogP contribution in [0, 0.1) is 11.7 Å². The minimum atomic E-state index is -0.205. The smallest absolute Gasteiger partial charge is 0.254 e. The molecule has 0 radical (unpaired) electrons. The third-order valence-corrected chi connectivity index (χ3v) is 7.57. The molecule has 1 saturated heterocycles. The highest BCUT2D eigenvalue weighted by Gasteiger charge is 2.30. The number of nitrogens with zero attached hydrogens (tertiary/aromatic N) is 3. The topological polar surface area (TPSA) is 61.6 Å². The van der Waals surface area contributed by atoms with Crippen LogP contribution in [0.3, 0.4) is 0 Å². The van der Waals surface area contributed by atoms with Gasteiger partial charge < -0.3 is 9.88 Å². The van der Waals surface area contributed by atoms with E-state index in [4.69, 9.17) is 4.98 Å². The van der Waals surface area contributed by atoms with Crippen LogP contribution in [0.5, 0.6) is 0 Å². The van der Waals surface area contributed by atoms with Crippen molar-refractivity contribution < 1.29 is 9.18 Å². The highest BCUT2D eigenvalue weighted by molar-refractivity contribution is 5.98. The Labute approximate surface area is 192 Å². The largest absolute Gasteiger partial charge is 0.342 e. The fourth-order valence-electron chi connectivity index (χ4n) is 5.46. The summed E-state index contributed by atoms with van der Waals surface area (Å²) in [5, 5.41) is 0.944. The van der Waals surface area contributed by atoms with Gasteiger partial charge in [-0.05, 0) is 85.5 Å². The van der Waals surface area contributed by atoms with E-state index in [1.165, 1.54) is 11.6 Å². The van der Waals surface area contributed by atoms with Gasteiger partial charge in [-0.2, -0.15) is 0 Å². The molecule has 1 amide bonds. The molecule has 1 unspecified atom stereocenters. The number of aromatic nitrogens is 3. The van der Waals surface area contributed by atoms with Gasteiger partial charge in [-0.1, -0.05) is 6.92 Å². The van der Waals surface area contributed by atoms with Crippen LogP contribution in [0.15, 0.2) is 48.7 Å². The van der Waals surface area contributed by atoms with Gasteiger partial charge in [0.2, 0.25) is 0 Å². The van der Waals surface area contributed by atoms with Crippen molar-refractivity contribution in [1.82, 2.24) is 19.9 Å². The molecule has 2 aliphatic rings.